The maximum absolute atomic E-state index is 12.8. The van der Waals surface area contributed by atoms with Gasteiger partial charge in [0.1, 0.15) is 6.10 Å². The predicted octanol–water partition coefficient (Wildman–Crippen LogP) is 2.22. The third-order valence-corrected chi connectivity index (χ3v) is 5.05. The van der Waals surface area contributed by atoms with Gasteiger partial charge in [-0.25, -0.2) is 4.79 Å². The second kappa shape index (κ2) is 7.81. The van der Waals surface area contributed by atoms with Crippen molar-refractivity contribution in [1.29, 1.82) is 0 Å². The Hall–Kier alpha value is -2.57. The Morgan fingerprint density at radius 3 is 2.82 bits per heavy atom. The highest BCUT2D eigenvalue weighted by atomic mass is 19.4. The highest BCUT2D eigenvalue weighted by Gasteiger charge is 2.51. The van der Waals surface area contributed by atoms with Crippen LogP contribution in [0.5, 0.6) is 0 Å². The lowest BCUT2D eigenvalue weighted by Crippen LogP contribution is -2.36. The third kappa shape index (κ3) is 4.29. The van der Waals surface area contributed by atoms with Crippen LogP contribution in [-0.4, -0.2) is 39.7 Å². The number of hydrogen-bond donors (Lipinski definition) is 3. The SMILES string of the molecule is O=C(O)CO/N=C1/CC2C1CC(O)C2C#CC(O)c1cccc(C(F)(F)F)c1. The average Bonchev–Trinajstić information content (AvgIpc) is 2.86. The van der Waals surface area contributed by atoms with Crippen LogP contribution >= 0.6 is 0 Å². The number of aliphatic carboxylic acids is 1. The topological polar surface area (TPSA) is 99.4 Å². The van der Waals surface area contributed by atoms with Gasteiger partial charge in [-0.2, -0.15) is 13.2 Å². The number of oxime groups is 1. The number of rotatable bonds is 4. The zero-order valence-electron chi connectivity index (χ0n) is 14.6. The van der Waals surface area contributed by atoms with Crippen LogP contribution < -0.4 is 0 Å². The first-order valence-electron chi connectivity index (χ1n) is 8.61. The molecule has 0 saturated heterocycles. The molecule has 0 radical (unpaired) electrons. The zero-order chi connectivity index (χ0) is 20.5. The van der Waals surface area contributed by atoms with Crippen molar-refractivity contribution in [3.8, 4) is 11.8 Å². The lowest BCUT2D eigenvalue weighted by Gasteiger charge is -2.33. The number of carboxylic acid groups (broad SMARTS) is 1. The van der Waals surface area contributed by atoms with Gasteiger partial charge in [0.05, 0.1) is 23.3 Å². The second-order valence-corrected chi connectivity index (χ2v) is 6.87. The van der Waals surface area contributed by atoms with Crippen LogP contribution in [0.25, 0.3) is 0 Å². The minimum absolute atomic E-state index is 0.0108. The fourth-order valence-electron chi connectivity index (χ4n) is 3.62. The summed E-state index contributed by atoms with van der Waals surface area (Å²) in [5.41, 5.74) is -0.176. The molecule has 1 aromatic rings. The number of aliphatic hydroxyl groups excluding tert-OH is 2. The highest BCUT2D eigenvalue weighted by molar-refractivity contribution is 5.93. The van der Waals surface area contributed by atoms with Crippen LogP contribution in [0, 0.1) is 29.6 Å². The molecular formula is C19H18F3NO5. The molecule has 0 aliphatic heterocycles. The largest absolute Gasteiger partial charge is 0.479 e. The van der Waals surface area contributed by atoms with Crippen molar-refractivity contribution < 1.29 is 38.1 Å². The normalized spacial score (nSPS) is 28.7. The maximum Gasteiger partial charge on any atom is 0.416 e. The highest BCUT2D eigenvalue weighted by Crippen LogP contribution is 2.48. The molecule has 0 amide bonds. The Morgan fingerprint density at radius 2 is 2.14 bits per heavy atom. The summed E-state index contributed by atoms with van der Waals surface area (Å²) in [4.78, 5) is 15.1. The molecule has 2 aliphatic rings. The van der Waals surface area contributed by atoms with E-state index in [4.69, 9.17) is 9.94 Å². The number of hydrogen-bond acceptors (Lipinski definition) is 5. The molecule has 0 aromatic heterocycles. The molecular weight excluding hydrogens is 379 g/mol. The summed E-state index contributed by atoms with van der Waals surface area (Å²) in [6.07, 6.45) is -5.80. The number of fused-ring (bicyclic) bond motifs is 1. The number of halogens is 3. The molecule has 0 bridgehead atoms. The van der Waals surface area contributed by atoms with Gasteiger partial charge in [0.25, 0.3) is 0 Å². The first-order chi connectivity index (χ1) is 13.2. The van der Waals surface area contributed by atoms with Gasteiger partial charge in [-0.15, -0.1) is 0 Å². The number of carboxylic acids is 1. The molecule has 6 nitrogen and oxygen atoms in total. The van der Waals surface area contributed by atoms with Crippen molar-refractivity contribution in [2.24, 2.45) is 22.9 Å². The van der Waals surface area contributed by atoms with E-state index in [1.54, 1.807) is 0 Å². The van der Waals surface area contributed by atoms with Gasteiger partial charge in [-0.1, -0.05) is 29.1 Å². The smallest absolute Gasteiger partial charge is 0.416 e. The van der Waals surface area contributed by atoms with Crippen molar-refractivity contribution in [1.82, 2.24) is 0 Å². The quantitative estimate of drug-likeness (QED) is 0.535. The lowest BCUT2D eigenvalue weighted by molar-refractivity contribution is -0.142. The number of benzene rings is 1. The third-order valence-electron chi connectivity index (χ3n) is 5.05. The summed E-state index contributed by atoms with van der Waals surface area (Å²) in [7, 11) is 0. The van der Waals surface area contributed by atoms with Crippen molar-refractivity contribution in [2.45, 2.75) is 31.2 Å². The number of nitrogens with zero attached hydrogens (tertiary/aromatic N) is 1. The van der Waals surface area contributed by atoms with E-state index in [-0.39, 0.29) is 17.4 Å². The zero-order valence-corrected chi connectivity index (χ0v) is 14.6. The molecule has 9 heteroatoms. The fourth-order valence-corrected chi connectivity index (χ4v) is 3.62. The summed E-state index contributed by atoms with van der Waals surface area (Å²) in [5.74, 6) is 3.66. The minimum atomic E-state index is -4.51. The Morgan fingerprint density at radius 1 is 1.39 bits per heavy atom. The number of carbonyl (C=O) groups is 1. The molecule has 3 N–H and O–H groups in total. The van der Waals surface area contributed by atoms with Crippen LogP contribution in [0.1, 0.15) is 30.1 Å². The molecule has 3 rings (SSSR count). The molecule has 28 heavy (non-hydrogen) atoms. The van der Waals surface area contributed by atoms with Gasteiger partial charge >= 0.3 is 12.1 Å². The minimum Gasteiger partial charge on any atom is -0.479 e. The van der Waals surface area contributed by atoms with E-state index >= 15 is 0 Å². The predicted molar refractivity (Wildman–Crippen MR) is 90.9 cm³/mol. The summed E-state index contributed by atoms with van der Waals surface area (Å²) >= 11 is 0. The first-order valence-corrected chi connectivity index (χ1v) is 8.61. The molecule has 1 aromatic carbocycles. The standard InChI is InChI=1S/C19H18F3NO5/c20-19(21,22)11-3-1-2-10(6-11)16(24)5-4-12-13-7-15(14(13)8-17(12)25)23-28-9-18(26)27/h1-3,6,12-14,16-17,24-25H,7-9H2,(H,26,27)/b23-15-. The molecule has 5 atom stereocenters. The summed E-state index contributed by atoms with van der Waals surface area (Å²) in [5, 5.41) is 32.6. The van der Waals surface area contributed by atoms with Crippen LogP contribution in [0.2, 0.25) is 0 Å². The van der Waals surface area contributed by atoms with Crippen molar-refractivity contribution >= 4 is 11.7 Å². The Balaban J connectivity index is 1.66. The molecule has 2 saturated carbocycles. The van der Waals surface area contributed by atoms with E-state index in [0.29, 0.717) is 18.6 Å². The van der Waals surface area contributed by atoms with E-state index < -0.39 is 42.4 Å². The maximum atomic E-state index is 12.8. The Labute approximate surface area is 158 Å². The monoisotopic (exact) mass is 397 g/mol. The van der Waals surface area contributed by atoms with E-state index in [1.165, 1.54) is 12.1 Å². The number of alkyl halides is 3. The van der Waals surface area contributed by atoms with Gasteiger partial charge in [0.15, 0.2) is 0 Å². The van der Waals surface area contributed by atoms with Crippen LogP contribution in [0.3, 0.4) is 0 Å². The van der Waals surface area contributed by atoms with E-state index in [9.17, 15) is 28.2 Å². The fraction of sp³-hybridized carbons (Fsp3) is 0.474. The Bertz CT molecular complexity index is 842. The molecule has 5 unspecified atom stereocenters. The molecule has 2 aliphatic carbocycles. The second-order valence-electron chi connectivity index (χ2n) is 6.87. The van der Waals surface area contributed by atoms with Gasteiger partial charge in [-0.05, 0) is 36.5 Å². The van der Waals surface area contributed by atoms with E-state index in [2.05, 4.69) is 17.0 Å². The number of aliphatic hydroxyl groups is 2. The van der Waals surface area contributed by atoms with Crippen molar-refractivity contribution in [3.05, 3.63) is 35.4 Å². The van der Waals surface area contributed by atoms with Crippen LogP contribution in [0.4, 0.5) is 13.2 Å². The molecule has 150 valence electrons. The average molecular weight is 397 g/mol. The van der Waals surface area contributed by atoms with Crippen LogP contribution in [-0.2, 0) is 15.8 Å². The first kappa shape index (κ1) is 20.2. The van der Waals surface area contributed by atoms with Crippen LogP contribution in [0.15, 0.2) is 29.4 Å². The van der Waals surface area contributed by atoms with Gasteiger partial charge < -0.3 is 20.2 Å². The summed E-state index contributed by atoms with van der Waals surface area (Å²) in [6, 6.07) is 4.32. The summed E-state index contributed by atoms with van der Waals surface area (Å²) < 4.78 is 38.3. The van der Waals surface area contributed by atoms with Gasteiger partial charge in [-0.3, -0.25) is 0 Å². The van der Waals surface area contributed by atoms with Crippen molar-refractivity contribution in [3.63, 3.8) is 0 Å². The van der Waals surface area contributed by atoms with E-state index in [1.807, 2.05) is 0 Å². The Kier molecular flexibility index (Phi) is 5.63. The lowest BCUT2D eigenvalue weighted by atomic mass is 9.71. The summed E-state index contributed by atoms with van der Waals surface area (Å²) in [6.45, 7) is -0.546. The molecule has 2 fully saturated rings. The molecule has 0 heterocycles. The van der Waals surface area contributed by atoms with Crippen molar-refractivity contribution in [2.75, 3.05) is 6.61 Å². The van der Waals surface area contributed by atoms with Gasteiger partial charge in [0.2, 0.25) is 6.61 Å². The molecule has 0 spiro atoms. The van der Waals surface area contributed by atoms with E-state index in [0.717, 1.165) is 12.1 Å². The van der Waals surface area contributed by atoms with Gasteiger partial charge in [0, 0.05) is 5.92 Å².